The molecule has 6 heteroatoms. The number of carbonyl (C=O) groups is 2. The van der Waals surface area contributed by atoms with Crippen LogP contribution in [0.15, 0.2) is 47.5 Å². The zero-order valence-corrected chi connectivity index (χ0v) is 10.7. The van der Waals surface area contributed by atoms with Gasteiger partial charge in [0.05, 0.1) is 16.8 Å². The molecular formula is C15H10FNO4. The molecular weight excluding hydrogens is 277 g/mol. The van der Waals surface area contributed by atoms with Crippen molar-refractivity contribution in [3.05, 3.63) is 65.0 Å². The van der Waals surface area contributed by atoms with Crippen LogP contribution in [0.25, 0.3) is 0 Å². The van der Waals surface area contributed by atoms with Crippen molar-refractivity contribution in [3.8, 4) is 0 Å². The number of carboxylic acids is 2. The molecule has 5 nitrogen and oxygen atoms in total. The molecule has 0 heterocycles. The van der Waals surface area contributed by atoms with E-state index in [1.54, 1.807) is 0 Å². The summed E-state index contributed by atoms with van der Waals surface area (Å²) >= 11 is 0. The average molecular weight is 287 g/mol. The zero-order valence-electron chi connectivity index (χ0n) is 10.7. The lowest BCUT2D eigenvalue weighted by atomic mass is 10.0. The van der Waals surface area contributed by atoms with Gasteiger partial charge in [-0.25, -0.2) is 14.0 Å². The number of aromatic carboxylic acids is 2. The standard InChI is InChI=1S/C15H10FNO4/c16-11-3-5-12(6-4-11)17-8-10-2-1-9(14(18)19)7-13(10)15(20)21/h1-8H,(H,18,19)(H,20,21). The molecule has 2 rings (SSSR count). The fourth-order valence-corrected chi connectivity index (χ4v) is 1.66. The lowest BCUT2D eigenvalue weighted by Gasteiger charge is -2.02. The third-order valence-corrected chi connectivity index (χ3v) is 2.71. The largest absolute Gasteiger partial charge is 0.478 e. The maximum Gasteiger partial charge on any atom is 0.336 e. The first-order valence-corrected chi connectivity index (χ1v) is 5.87. The predicted molar refractivity (Wildman–Crippen MR) is 74.0 cm³/mol. The number of rotatable bonds is 4. The Bertz CT molecular complexity index is 723. The van der Waals surface area contributed by atoms with Crippen LogP contribution in [0.1, 0.15) is 26.3 Å². The number of aliphatic imine (C=N–C) groups is 1. The van der Waals surface area contributed by atoms with Gasteiger partial charge in [-0.05, 0) is 36.4 Å². The van der Waals surface area contributed by atoms with Crippen molar-refractivity contribution in [1.29, 1.82) is 0 Å². The van der Waals surface area contributed by atoms with Gasteiger partial charge in [0.2, 0.25) is 0 Å². The topological polar surface area (TPSA) is 87.0 Å². The van der Waals surface area contributed by atoms with Gasteiger partial charge in [-0.15, -0.1) is 0 Å². The molecule has 0 amide bonds. The van der Waals surface area contributed by atoms with Gasteiger partial charge in [-0.3, -0.25) is 4.99 Å². The predicted octanol–water partition coefficient (Wildman–Crippen LogP) is 2.97. The smallest absolute Gasteiger partial charge is 0.336 e. The first kappa shape index (κ1) is 14.4. The van der Waals surface area contributed by atoms with Crippen molar-refractivity contribution in [1.82, 2.24) is 0 Å². The molecule has 106 valence electrons. The van der Waals surface area contributed by atoms with Crippen molar-refractivity contribution >= 4 is 23.8 Å². The van der Waals surface area contributed by atoms with Crippen molar-refractivity contribution in [2.45, 2.75) is 0 Å². The Morgan fingerprint density at radius 3 is 2.24 bits per heavy atom. The highest BCUT2D eigenvalue weighted by Crippen LogP contribution is 2.15. The Kier molecular flexibility index (Phi) is 4.08. The monoisotopic (exact) mass is 287 g/mol. The molecule has 2 aromatic rings. The van der Waals surface area contributed by atoms with Crippen molar-refractivity contribution in [2.75, 3.05) is 0 Å². The first-order valence-electron chi connectivity index (χ1n) is 5.87. The summed E-state index contributed by atoms with van der Waals surface area (Å²) in [5.41, 5.74) is 0.430. The Balaban J connectivity index is 2.37. The van der Waals surface area contributed by atoms with Gasteiger partial charge < -0.3 is 10.2 Å². The molecule has 0 radical (unpaired) electrons. The summed E-state index contributed by atoms with van der Waals surface area (Å²) in [5.74, 6) is -2.86. The van der Waals surface area contributed by atoms with Crippen molar-refractivity contribution in [3.63, 3.8) is 0 Å². The van der Waals surface area contributed by atoms with E-state index in [2.05, 4.69) is 4.99 Å². The van der Waals surface area contributed by atoms with Crippen LogP contribution in [0, 0.1) is 5.82 Å². The summed E-state index contributed by atoms with van der Waals surface area (Å²) in [5, 5.41) is 18.0. The minimum atomic E-state index is -1.25. The molecule has 0 fully saturated rings. The minimum Gasteiger partial charge on any atom is -0.478 e. The van der Waals surface area contributed by atoms with Gasteiger partial charge in [0.1, 0.15) is 5.82 Å². The van der Waals surface area contributed by atoms with Gasteiger partial charge in [0.25, 0.3) is 0 Å². The van der Waals surface area contributed by atoms with E-state index in [-0.39, 0.29) is 16.7 Å². The molecule has 0 spiro atoms. The lowest BCUT2D eigenvalue weighted by molar-refractivity contribution is 0.0695. The number of hydrogen-bond acceptors (Lipinski definition) is 3. The van der Waals surface area contributed by atoms with Gasteiger partial charge in [0, 0.05) is 11.8 Å². The van der Waals surface area contributed by atoms with Gasteiger partial charge in [-0.2, -0.15) is 0 Å². The normalized spacial score (nSPS) is 10.7. The third kappa shape index (κ3) is 3.50. The fraction of sp³-hybridized carbons (Fsp3) is 0. The Morgan fingerprint density at radius 1 is 1.00 bits per heavy atom. The van der Waals surface area contributed by atoms with E-state index in [4.69, 9.17) is 10.2 Å². The summed E-state index contributed by atoms with van der Waals surface area (Å²) in [6.45, 7) is 0. The van der Waals surface area contributed by atoms with E-state index in [0.717, 1.165) is 6.07 Å². The van der Waals surface area contributed by atoms with E-state index < -0.39 is 17.8 Å². The molecule has 2 N–H and O–H groups in total. The minimum absolute atomic E-state index is 0.119. The molecule has 21 heavy (non-hydrogen) atoms. The number of benzene rings is 2. The number of nitrogens with zero attached hydrogens (tertiary/aromatic N) is 1. The van der Waals surface area contributed by atoms with E-state index in [1.165, 1.54) is 42.6 Å². The van der Waals surface area contributed by atoms with Crippen LogP contribution in [0.4, 0.5) is 10.1 Å². The molecule has 0 saturated carbocycles. The highest BCUT2D eigenvalue weighted by atomic mass is 19.1. The molecule has 0 aliphatic rings. The SMILES string of the molecule is O=C(O)c1ccc(C=Nc2ccc(F)cc2)c(C(=O)O)c1. The summed E-state index contributed by atoms with van der Waals surface area (Å²) < 4.78 is 12.8. The van der Waals surface area contributed by atoms with Crippen LogP contribution in [0.3, 0.4) is 0 Å². The maximum atomic E-state index is 12.8. The van der Waals surface area contributed by atoms with E-state index >= 15 is 0 Å². The molecule has 0 aromatic heterocycles. The second kappa shape index (κ2) is 5.96. The average Bonchev–Trinajstić information content (AvgIpc) is 2.46. The van der Waals surface area contributed by atoms with Crippen molar-refractivity contribution < 1.29 is 24.2 Å². The Morgan fingerprint density at radius 2 is 1.67 bits per heavy atom. The molecule has 0 aliphatic heterocycles. The molecule has 0 bridgehead atoms. The summed E-state index contributed by atoms with van der Waals surface area (Å²) in [4.78, 5) is 26.0. The summed E-state index contributed by atoms with van der Waals surface area (Å²) in [6.07, 6.45) is 1.29. The number of hydrogen-bond donors (Lipinski definition) is 2. The Labute approximate surface area is 119 Å². The second-order valence-corrected chi connectivity index (χ2v) is 4.15. The van der Waals surface area contributed by atoms with E-state index in [9.17, 15) is 14.0 Å². The van der Waals surface area contributed by atoms with E-state index in [1.807, 2.05) is 0 Å². The Hall–Kier alpha value is -3.02. The van der Waals surface area contributed by atoms with Crippen LogP contribution in [0.2, 0.25) is 0 Å². The third-order valence-electron chi connectivity index (χ3n) is 2.71. The molecule has 0 atom stereocenters. The van der Waals surface area contributed by atoms with Crippen LogP contribution in [-0.2, 0) is 0 Å². The van der Waals surface area contributed by atoms with E-state index in [0.29, 0.717) is 5.69 Å². The summed E-state index contributed by atoms with van der Waals surface area (Å²) in [7, 11) is 0. The lowest BCUT2D eigenvalue weighted by Crippen LogP contribution is -2.05. The van der Waals surface area contributed by atoms with Crippen LogP contribution >= 0.6 is 0 Å². The second-order valence-electron chi connectivity index (χ2n) is 4.15. The van der Waals surface area contributed by atoms with Gasteiger partial charge in [0.15, 0.2) is 0 Å². The number of carboxylic acid groups (broad SMARTS) is 2. The molecule has 0 unspecified atom stereocenters. The van der Waals surface area contributed by atoms with Crippen molar-refractivity contribution in [2.24, 2.45) is 4.99 Å². The molecule has 2 aromatic carbocycles. The number of halogens is 1. The highest BCUT2D eigenvalue weighted by Gasteiger charge is 2.12. The van der Waals surface area contributed by atoms with Crippen LogP contribution in [-0.4, -0.2) is 28.4 Å². The fourth-order valence-electron chi connectivity index (χ4n) is 1.66. The molecule has 0 aliphatic carbocycles. The maximum absolute atomic E-state index is 12.8. The molecule has 0 saturated heterocycles. The highest BCUT2D eigenvalue weighted by molar-refractivity contribution is 6.01. The zero-order chi connectivity index (χ0) is 15.4. The van der Waals surface area contributed by atoms with Gasteiger partial charge in [-0.1, -0.05) is 6.07 Å². The first-order chi connectivity index (χ1) is 9.97. The summed E-state index contributed by atoms with van der Waals surface area (Å²) in [6, 6.07) is 9.07. The quantitative estimate of drug-likeness (QED) is 0.846. The van der Waals surface area contributed by atoms with Crippen LogP contribution < -0.4 is 0 Å². The van der Waals surface area contributed by atoms with Crippen LogP contribution in [0.5, 0.6) is 0 Å². The van der Waals surface area contributed by atoms with Gasteiger partial charge >= 0.3 is 11.9 Å².